The standard InChI is InChI=1S/C9H14N8OS/c1-4(2)18-7-12-6(15-10)13-8(14-7)19-9-11-5(3)16-17-9/h4H,10H2,1-3H3,(H,11,16,17)(H,12,13,14,15). The Morgan fingerprint density at radius 2 is 2.00 bits per heavy atom. The molecule has 0 bridgehead atoms. The molecule has 2 heterocycles. The zero-order valence-electron chi connectivity index (χ0n) is 10.7. The highest BCUT2D eigenvalue weighted by Gasteiger charge is 2.11. The number of aromatic nitrogens is 6. The van der Waals surface area contributed by atoms with E-state index in [1.165, 1.54) is 11.8 Å². The Hall–Kier alpha value is -1.94. The van der Waals surface area contributed by atoms with Crippen LogP contribution >= 0.6 is 11.8 Å². The minimum Gasteiger partial charge on any atom is -0.461 e. The van der Waals surface area contributed by atoms with Crippen LogP contribution in [-0.4, -0.2) is 36.2 Å². The van der Waals surface area contributed by atoms with E-state index in [2.05, 4.69) is 35.6 Å². The number of rotatable bonds is 5. The number of H-pyrrole nitrogens is 1. The lowest BCUT2D eigenvalue weighted by molar-refractivity contribution is 0.219. The third-order valence-electron chi connectivity index (χ3n) is 1.82. The van der Waals surface area contributed by atoms with E-state index in [9.17, 15) is 0 Å². The van der Waals surface area contributed by atoms with E-state index in [4.69, 9.17) is 10.6 Å². The maximum absolute atomic E-state index is 5.42. The average molecular weight is 282 g/mol. The van der Waals surface area contributed by atoms with Gasteiger partial charge >= 0.3 is 6.01 Å². The molecule has 0 radical (unpaired) electrons. The number of ether oxygens (including phenoxy) is 1. The maximum Gasteiger partial charge on any atom is 0.322 e. The molecule has 0 aromatic carbocycles. The summed E-state index contributed by atoms with van der Waals surface area (Å²) in [6, 6.07) is 0.202. The van der Waals surface area contributed by atoms with Gasteiger partial charge in [-0.3, -0.25) is 10.5 Å². The third kappa shape index (κ3) is 3.76. The average Bonchev–Trinajstić information content (AvgIpc) is 2.73. The van der Waals surface area contributed by atoms with Crippen molar-refractivity contribution in [2.45, 2.75) is 37.2 Å². The SMILES string of the molecule is Cc1nc(Sc2nc(NN)nc(OC(C)C)n2)n[nH]1. The summed E-state index contributed by atoms with van der Waals surface area (Å²) in [5.41, 5.74) is 2.37. The highest BCUT2D eigenvalue weighted by molar-refractivity contribution is 7.99. The van der Waals surface area contributed by atoms with Crippen molar-refractivity contribution < 1.29 is 4.74 Å². The van der Waals surface area contributed by atoms with Crippen LogP contribution in [0.4, 0.5) is 5.95 Å². The normalized spacial score (nSPS) is 10.8. The fraction of sp³-hybridized carbons (Fsp3) is 0.444. The van der Waals surface area contributed by atoms with Crippen LogP contribution < -0.4 is 16.0 Å². The summed E-state index contributed by atoms with van der Waals surface area (Å²) in [5, 5.41) is 7.65. The summed E-state index contributed by atoms with van der Waals surface area (Å²) < 4.78 is 5.42. The fourth-order valence-corrected chi connectivity index (χ4v) is 1.85. The number of hydrogen-bond acceptors (Lipinski definition) is 9. The van der Waals surface area contributed by atoms with E-state index in [0.717, 1.165) is 0 Å². The number of nitrogen functional groups attached to an aromatic ring is 1. The number of nitrogens with one attached hydrogen (secondary N) is 2. The molecule has 0 saturated heterocycles. The van der Waals surface area contributed by atoms with Gasteiger partial charge < -0.3 is 4.74 Å². The highest BCUT2D eigenvalue weighted by atomic mass is 32.2. The van der Waals surface area contributed by atoms with Crippen LogP contribution in [0.25, 0.3) is 0 Å². The molecule has 0 spiro atoms. The summed E-state index contributed by atoms with van der Waals surface area (Å²) in [6.07, 6.45) is -0.0448. The van der Waals surface area contributed by atoms with Gasteiger partial charge in [0.25, 0.3) is 0 Å². The first-order valence-electron chi connectivity index (χ1n) is 5.53. The first kappa shape index (κ1) is 13.5. The van der Waals surface area contributed by atoms with Crippen molar-refractivity contribution >= 4 is 17.7 Å². The van der Waals surface area contributed by atoms with Gasteiger partial charge in [0, 0.05) is 0 Å². The minimum atomic E-state index is -0.0448. The highest BCUT2D eigenvalue weighted by Crippen LogP contribution is 2.23. The van der Waals surface area contributed by atoms with Gasteiger partial charge in [0.1, 0.15) is 5.82 Å². The Bertz CT molecular complexity index is 557. The van der Waals surface area contributed by atoms with E-state index < -0.39 is 0 Å². The first-order valence-corrected chi connectivity index (χ1v) is 6.34. The van der Waals surface area contributed by atoms with Crippen LogP contribution in [0.2, 0.25) is 0 Å². The van der Waals surface area contributed by atoms with Gasteiger partial charge in [0.05, 0.1) is 6.10 Å². The molecule has 0 unspecified atom stereocenters. The molecule has 0 fully saturated rings. The van der Waals surface area contributed by atoms with Crippen molar-refractivity contribution in [3.05, 3.63) is 5.82 Å². The van der Waals surface area contributed by atoms with Gasteiger partial charge in [-0.15, -0.1) is 5.10 Å². The predicted octanol–water partition coefficient (Wildman–Crippen LogP) is 0.522. The predicted molar refractivity (Wildman–Crippen MR) is 68.6 cm³/mol. The Morgan fingerprint density at radius 3 is 2.58 bits per heavy atom. The van der Waals surface area contributed by atoms with Gasteiger partial charge in [-0.2, -0.15) is 15.0 Å². The summed E-state index contributed by atoms with van der Waals surface area (Å²) in [7, 11) is 0. The Balaban J connectivity index is 2.23. The summed E-state index contributed by atoms with van der Waals surface area (Å²) in [6.45, 7) is 5.57. The van der Waals surface area contributed by atoms with E-state index in [0.29, 0.717) is 16.1 Å². The largest absolute Gasteiger partial charge is 0.461 e. The molecule has 19 heavy (non-hydrogen) atoms. The van der Waals surface area contributed by atoms with Crippen LogP contribution in [0.3, 0.4) is 0 Å². The minimum absolute atomic E-state index is 0.0448. The maximum atomic E-state index is 5.42. The fourth-order valence-electron chi connectivity index (χ4n) is 1.16. The van der Waals surface area contributed by atoms with Crippen LogP contribution in [0, 0.1) is 6.92 Å². The van der Waals surface area contributed by atoms with Crippen LogP contribution in [0.15, 0.2) is 10.3 Å². The zero-order valence-corrected chi connectivity index (χ0v) is 11.5. The molecule has 2 rings (SSSR count). The van der Waals surface area contributed by atoms with E-state index >= 15 is 0 Å². The molecule has 102 valence electrons. The van der Waals surface area contributed by atoms with Crippen LogP contribution in [0.5, 0.6) is 6.01 Å². The molecule has 2 aromatic heterocycles. The lowest BCUT2D eigenvalue weighted by atomic mass is 10.5. The van der Waals surface area contributed by atoms with E-state index in [1.807, 2.05) is 20.8 Å². The Morgan fingerprint density at radius 1 is 1.21 bits per heavy atom. The summed E-state index contributed by atoms with van der Waals surface area (Å²) >= 11 is 1.19. The van der Waals surface area contributed by atoms with Gasteiger partial charge in [-0.25, -0.2) is 10.8 Å². The molecule has 0 aliphatic rings. The molecule has 2 aromatic rings. The van der Waals surface area contributed by atoms with Crippen molar-refractivity contribution in [2.24, 2.45) is 5.84 Å². The van der Waals surface area contributed by atoms with Gasteiger partial charge in [0.2, 0.25) is 16.3 Å². The van der Waals surface area contributed by atoms with E-state index in [-0.39, 0.29) is 18.1 Å². The molecule has 0 saturated carbocycles. The Kier molecular flexibility index (Phi) is 4.12. The molecule has 4 N–H and O–H groups in total. The van der Waals surface area contributed by atoms with Crippen LogP contribution in [-0.2, 0) is 0 Å². The second kappa shape index (κ2) is 5.80. The molecule has 0 amide bonds. The number of hydrogen-bond donors (Lipinski definition) is 3. The van der Waals surface area contributed by atoms with Crippen LogP contribution in [0.1, 0.15) is 19.7 Å². The van der Waals surface area contributed by atoms with Crippen molar-refractivity contribution in [3.8, 4) is 6.01 Å². The molecule has 0 aliphatic carbocycles. The quantitative estimate of drug-likeness (QED) is 0.531. The molecule has 0 aliphatic heterocycles. The van der Waals surface area contributed by atoms with Crippen molar-refractivity contribution in [1.82, 2.24) is 30.1 Å². The smallest absolute Gasteiger partial charge is 0.322 e. The van der Waals surface area contributed by atoms with Crippen molar-refractivity contribution in [2.75, 3.05) is 5.43 Å². The second-order valence-corrected chi connectivity index (χ2v) is 4.77. The summed E-state index contributed by atoms with van der Waals surface area (Å²) in [5.74, 6) is 6.25. The lowest BCUT2D eigenvalue weighted by Gasteiger charge is -2.09. The van der Waals surface area contributed by atoms with Gasteiger partial charge in [0.15, 0.2) is 0 Å². The van der Waals surface area contributed by atoms with Gasteiger partial charge in [-0.1, -0.05) is 0 Å². The molecule has 0 atom stereocenters. The number of nitrogens with zero attached hydrogens (tertiary/aromatic N) is 5. The van der Waals surface area contributed by atoms with Crippen molar-refractivity contribution in [3.63, 3.8) is 0 Å². The lowest BCUT2D eigenvalue weighted by Crippen LogP contribution is -2.15. The first-order chi connectivity index (χ1) is 9.06. The zero-order chi connectivity index (χ0) is 13.8. The topological polar surface area (TPSA) is 128 Å². The number of aromatic amines is 1. The monoisotopic (exact) mass is 282 g/mol. The number of nitrogens with two attached hydrogens (primary N) is 1. The number of aryl methyl sites for hydroxylation is 1. The molecule has 9 nitrogen and oxygen atoms in total. The van der Waals surface area contributed by atoms with E-state index in [1.54, 1.807) is 0 Å². The summed E-state index contributed by atoms with van der Waals surface area (Å²) in [4.78, 5) is 16.4. The van der Waals surface area contributed by atoms with Gasteiger partial charge in [-0.05, 0) is 32.5 Å². The Labute approximate surface area is 113 Å². The number of hydrazine groups is 1. The molecule has 10 heteroatoms. The molecular formula is C9H14N8OS. The molecular weight excluding hydrogens is 268 g/mol. The second-order valence-electron chi connectivity index (χ2n) is 3.84. The number of anilines is 1. The van der Waals surface area contributed by atoms with Crippen molar-refractivity contribution in [1.29, 1.82) is 0 Å². The third-order valence-corrected chi connectivity index (χ3v) is 2.55.